The van der Waals surface area contributed by atoms with Gasteiger partial charge >= 0.3 is 0 Å². The van der Waals surface area contributed by atoms with Crippen LogP contribution >= 0.6 is 27.7 Å². The van der Waals surface area contributed by atoms with E-state index < -0.39 is 0 Å². The van der Waals surface area contributed by atoms with Gasteiger partial charge in [-0.05, 0) is 56.2 Å². The lowest BCUT2D eigenvalue weighted by atomic mass is 9.97. The van der Waals surface area contributed by atoms with Gasteiger partial charge in [-0.3, -0.25) is 9.69 Å². The Labute approximate surface area is 214 Å². The van der Waals surface area contributed by atoms with Gasteiger partial charge in [0.05, 0.1) is 12.5 Å². The third-order valence-electron chi connectivity index (χ3n) is 5.90. The predicted molar refractivity (Wildman–Crippen MR) is 140 cm³/mol. The molecule has 2 aromatic carbocycles. The van der Waals surface area contributed by atoms with Crippen molar-refractivity contribution in [2.75, 3.05) is 25.4 Å². The van der Waals surface area contributed by atoms with Crippen molar-refractivity contribution in [3.05, 3.63) is 70.0 Å². The van der Waals surface area contributed by atoms with Crippen LogP contribution in [0.5, 0.6) is 0 Å². The van der Waals surface area contributed by atoms with E-state index in [0.29, 0.717) is 18.3 Å². The van der Waals surface area contributed by atoms with Crippen LogP contribution in [-0.4, -0.2) is 46.3 Å². The average Bonchev–Trinajstić information content (AvgIpc) is 3.30. The number of thioether (sulfide) groups is 1. The lowest BCUT2D eigenvalue weighted by molar-refractivity contribution is -0.126. The molecule has 1 aliphatic rings. The maximum atomic E-state index is 12.7. The van der Waals surface area contributed by atoms with E-state index in [-0.39, 0.29) is 11.8 Å². The molecule has 0 saturated carbocycles. The molecule has 1 fully saturated rings. The van der Waals surface area contributed by atoms with Gasteiger partial charge in [0.15, 0.2) is 0 Å². The molecule has 1 unspecified atom stereocenters. The molecule has 1 N–H and O–H groups in total. The van der Waals surface area contributed by atoms with Gasteiger partial charge in [-0.1, -0.05) is 63.0 Å². The third kappa shape index (κ3) is 7.42. The Morgan fingerprint density at radius 3 is 3.00 bits per heavy atom. The molecule has 0 radical (unpaired) electrons. The van der Waals surface area contributed by atoms with Crippen LogP contribution in [0.4, 0.5) is 0 Å². The van der Waals surface area contributed by atoms with E-state index in [9.17, 15) is 4.79 Å². The largest absolute Gasteiger partial charge is 0.356 e. The van der Waals surface area contributed by atoms with Gasteiger partial charge in [0.1, 0.15) is 0 Å². The number of piperidine rings is 1. The molecule has 4 rings (SSSR count). The number of hydrogen-bond acceptors (Lipinski definition) is 6. The molecule has 1 aromatic heterocycles. The normalized spacial score (nSPS) is 16.5. The molecular weight excluding hydrogens is 512 g/mol. The first-order valence-electron chi connectivity index (χ1n) is 11.8. The van der Waals surface area contributed by atoms with E-state index in [1.807, 2.05) is 36.0 Å². The first-order chi connectivity index (χ1) is 16.6. The number of aromatic nitrogens is 2. The summed E-state index contributed by atoms with van der Waals surface area (Å²) in [4.78, 5) is 19.5. The maximum absolute atomic E-state index is 12.7. The van der Waals surface area contributed by atoms with Crippen molar-refractivity contribution in [3.63, 3.8) is 0 Å². The smallest absolute Gasteiger partial charge is 0.241 e. The summed E-state index contributed by atoms with van der Waals surface area (Å²) in [5.74, 6) is 3.41. The van der Waals surface area contributed by atoms with Crippen molar-refractivity contribution in [3.8, 4) is 11.4 Å². The molecule has 34 heavy (non-hydrogen) atoms. The molecular formula is C26H31BrN4O2S. The summed E-state index contributed by atoms with van der Waals surface area (Å²) in [5.41, 5.74) is 3.58. The quantitative estimate of drug-likeness (QED) is 0.343. The summed E-state index contributed by atoms with van der Waals surface area (Å²) >= 11 is 5.39. The Kier molecular flexibility index (Phi) is 9.18. The maximum Gasteiger partial charge on any atom is 0.241 e. The number of benzene rings is 2. The number of halogens is 1. The van der Waals surface area contributed by atoms with Gasteiger partial charge in [-0.15, -0.1) is 0 Å². The number of amides is 1. The lowest BCUT2D eigenvalue weighted by Gasteiger charge is -2.30. The van der Waals surface area contributed by atoms with E-state index in [0.717, 1.165) is 60.4 Å². The van der Waals surface area contributed by atoms with Gasteiger partial charge in [-0.25, -0.2) is 0 Å². The summed E-state index contributed by atoms with van der Waals surface area (Å²) in [7, 11) is 0. The van der Waals surface area contributed by atoms with Crippen molar-refractivity contribution in [1.82, 2.24) is 20.4 Å². The minimum atomic E-state index is 0.0150. The highest BCUT2D eigenvalue weighted by atomic mass is 79.9. The second-order valence-corrected chi connectivity index (χ2v) is 10.8. The zero-order valence-corrected chi connectivity index (χ0v) is 21.9. The highest BCUT2D eigenvalue weighted by molar-refractivity contribution is 9.10. The fraction of sp³-hybridized carbons (Fsp3) is 0.423. The zero-order chi connectivity index (χ0) is 23.8. The van der Waals surface area contributed by atoms with E-state index in [1.165, 1.54) is 11.1 Å². The molecule has 0 spiro atoms. The fourth-order valence-electron chi connectivity index (χ4n) is 4.19. The molecule has 1 amide bonds. The Morgan fingerprint density at radius 1 is 1.26 bits per heavy atom. The molecule has 1 aliphatic heterocycles. The Hall–Kier alpha value is -2.16. The van der Waals surface area contributed by atoms with Crippen LogP contribution in [0.1, 0.15) is 36.3 Å². The van der Waals surface area contributed by atoms with E-state index in [4.69, 9.17) is 4.52 Å². The van der Waals surface area contributed by atoms with E-state index >= 15 is 0 Å². The number of carbonyl (C=O) groups is 1. The molecule has 180 valence electrons. The molecule has 8 heteroatoms. The van der Waals surface area contributed by atoms with E-state index in [1.54, 1.807) is 0 Å². The standard InChI is InChI=1S/C26H31BrN4O2S/c1-19-6-2-7-20(14-19)18-34-13-5-11-28-26(32)22-9-4-12-31(16-22)17-24-29-25(30-33-24)21-8-3-10-23(27)15-21/h2-3,6-8,10,14-15,22H,4-5,9,11-13,16-18H2,1H3,(H,28,32). The van der Waals surface area contributed by atoms with Crippen molar-refractivity contribution in [1.29, 1.82) is 0 Å². The van der Waals surface area contributed by atoms with Gasteiger partial charge in [0, 0.05) is 28.9 Å². The molecule has 0 aliphatic carbocycles. The van der Waals surface area contributed by atoms with Gasteiger partial charge in [0.25, 0.3) is 0 Å². The van der Waals surface area contributed by atoms with Gasteiger partial charge in [-0.2, -0.15) is 16.7 Å². The third-order valence-corrected chi connectivity index (χ3v) is 7.51. The predicted octanol–water partition coefficient (Wildman–Crippen LogP) is 5.46. The number of nitrogens with one attached hydrogen (secondary N) is 1. The molecule has 1 atom stereocenters. The van der Waals surface area contributed by atoms with Gasteiger partial charge in [0.2, 0.25) is 17.6 Å². The highest BCUT2D eigenvalue weighted by Gasteiger charge is 2.26. The first kappa shape index (κ1) is 24.9. The lowest BCUT2D eigenvalue weighted by Crippen LogP contribution is -2.43. The Balaban J connectivity index is 1.17. The zero-order valence-electron chi connectivity index (χ0n) is 19.5. The monoisotopic (exact) mass is 542 g/mol. The van der Waals surface area contributed by atoms with Crippen LogP contribution in [0.15, 0.2) is 57.5 Å². The number of aryl methyl sites for hydroxylation is 1. The minimum Gasteiger partial charge on any atom is -0.356 e. The van der Waals surface area contributed by atoms with Crippen LogP contribution in [0.3, 0.4) is 0 Å². The second-order valence-electron chi connectivity index (χ2n) is 8.78. The van der Waals surface area contributed by atoms with Crippen molar-refractivity contribution >= 4 is 33.6 Å². The number of nitrogens with zero attached hydrogens (tertiary/aromatic N) is 3. The Morgan fingerprint density at radius 2 is 2.15 bits per heavy atom. The fourth-order valence-corrected chi connectivity index (χ4v) is 5.50. The summed E-state index contributed by atoms with van der Waals surface area (Å²) in [6.07, 6.45) is 2.91. The summed E-state index contributed by atoms with van der Waals surface area (Å²) < 4.78 is 6.46. The average molecular weight is 544 g/mol. The van der Waals surface area contributed by atoms with Crippen molar-refractivity contribution < 1.29 is 9.32 Å². The molecule has 1 saturated heterocycles. The topological polar surface area (TPSA) is 71.3 Å². The summed E-state index contributed by atoms with van der Waals surface area (Å²) in [5, 5.41) is 7.26. The number of carbonyl (C=O) groups excluding carboxylic acids is 1. The minimum absolute atomic E-state index is 0.0150. The SMILES string of the molecule is Cc1cccc(CSCCCNC(=O)C2CCCN(Cc3nc(-c4cccc(Br)c4)no3)C2)c1. The van der Waals surface area contributed by atoms with Crippen molar-refractivity contribution in [2.45, 2.75) is 38.5 Å². The second kappa shape index (κ2) is 12.5. The molecule has 2 heterocycles. The number of rotatable bonds is 10. The van der Waals surface area contributed by atoms with Crippen LogP contribution in [-0.2, 0) is 17.1 Å². The van der Waals surface area contributed by atoms with Gasteiger partial charge < -0.3 is 9.84 Å². The summed E-state index contributed by atoms with van der Waals surface area (Å²) in [6.45, 7) is 5.09. The molecule has 6 nitrogen and oxygen atoms in total. The van der Waals surface area contributed by atoms with Crippen LogP contribution in [0, 0.1) is 12.8 Å². The number of hydrogen-bond donors (Lipinski definition) is 1. The molecule has 3 aromatic rings. The summed E-state index contributed by atoms with van der Waals surface area (Å²) in [6, 6.07) is 16.5. The number of likely N-dealkylation sites (tertiary alicyclic amines) is 1. The van der Waals surface area contributed by atoms with Crippen molar-refractivity contribution in [2.24, 2.45) is 5.92 Å². The Bertz CT molecular complexity index is 1090. The van der Waals surface area contributed by atoms with Crippen LogP contribution < -0.4 is 5.32 Å². The first-order valence-corrected chi connectivity index (χ1v) is 13.7. The molecule has 0 bridgehead atoms. The van der Waals surface area contributed by atoms with E-state index in [2.05, 4.69) is 67.5 Å². The highest BCUT2D eigenvalue weighted by Crippen LogP contribution is 2.22. The van der Waals surface area contributed by atoms with Crippen LogP contribution in [0.2, 0.25) is 0 Å². The van der Waals surface area contributed by atoms with Crippen LogP contribution in [0.25, 0.3) is 11.4 Å².